The first kappa shape index (κ1) is 10.0. The maximum atomic E-state index is 5.26. The van der Waals surface area contributed by atoms with Crippen LogP contribution in [0.15, 0.2) is 0 Å². The van der Waals surface area contributed by atoms with Gasteiger partial charge in [-0.15, -0.1) is 0 Å². The summed E-state index contributed by atoms with van der Waals surface area (Å²) in [5.74, 6) is 1.83. The highest BCUT2D eigenvalue weighted by Crippen LogP contribution is 2.33. The SMILES string of the molecule is CCCC1CCCCC1COC. The molecule has 0 amide bonds. The molecule has 0 saturated heterocycles. The highest BCUT2D eigenvalue weighted by molar-refractivity contribution is 4.74. The van der Waals surface area contributed by atoms with Gasteiger partial charge in [0.2, 0.25) is 0 Å². The molecule has 0 radical (unpaired) electrons. The van der Waals surface area contributed by atoms with Crippen LogP contribution in [0.1, 0.15) is 45.4 Å². The van der Waals surface area contributed by atoms with Crippen LogP contribution in [0, 0.1) is 11.8 Å². The fourth-order valence-electron chi connectivity index (χ4n) is 2.47. The molecule has 1 aliphatic carbocycles. The predicted octanol–water partition coefficient (Wildman–Crippen LogP) is 3.24. The van der Waals surface area contributed by atoms with Crippen LogP contribution in [0.4, 0.5) is 0 Å². The van der Waals surface area contributed by atoms with Crippen LogP contribution >= 0.6 is 0 Å². The highest BCUT2D eigenvalue weighted by atomic mass is 16.5. The Bertz CT molecular complexity index is 93.6. The van der Waals surface area contributed by atoms with Crippen molar-refractivity contribution in [2.75, 3.05) is 13.7 Å². The summed E-state index contributed by atoms with van der Waals surface area (Å²) in [5.41, 5.74) is 0. The molecule has 0 aromatic carbocycles. The van der Waals surface area contributed by atoms with E-state index in [1.165, 1.54) is 38.5 Å². The molecule has 2 atom stereocenters. The number of rotatable bonds is 4. The summed E-state index contributed by atoms with van der Waals surface area (Å²) in [7, 11) is 1.83. The zero-order valence-electron chi connectivity index (χ0n) is 8.51. The van der Waals surface area contributed by atoms with Crippen molar-refractivity contribution in [2.24, 2.45) is 11.8 Å². The molecular weight excluding hydrogens is 148 g/mol. The zero-order valence-corrected chi connectivity index (χ0v) is 8.51. The number of ether oxygens (including phenoxy) is 1. The van der Waals surface area contributed by atoms with Crippen LogP contribution in [-0.2, 0) is 4.74 Å². The molecule has 0 bridgehead atoms. The minimum atomic E-state index is 0.865. The Labute approximate surface area is 76.5 Å². The lowest BCUT2D eigenvalue weighted by Crippen LogP contribution is -2.23. The van der Waals surface area contributed by atoms with Crippen molar-refractivity contribution in [2.45, 2.75) is 45.4 Å². The van der Waals surface area contributed by atoms with E-state index in [1.54, 1.807) is 0 Å². The molecule has 1 aliphatic rings. The van der Waals surface area contributed by atoms with Gasteiger partial charge in [-0.25, -0.2) is 0 Å². The van der Waals surface area contributed by atoms with Crippen molar-refractivity contribution in [1.82, 2.24) is 0 Å². The number of hydrogen-bond acceptors (Lipinski definition) is 1. The van der Waals surface area contributed by atoms with Gasteiger partial charge in [0.1, 0.15) is 0 Å². The molecule has 0 spiro atoms. The molecule has 12 heavy (non-hydrogen) atoms. The average Bonchev–Trinajstić information content (AvgIpc) is 2.09. The molecule has 0 heterocycles. The van der Waals surface area contributed by atoms with Gasteiger partial charge in [-0.1, -0.05) is 39.0 Å². The normalized spacial score (nSPS) is 30.5. The minimum Gasteiger partial charge on any atom is -0.384 e. The van der Waals surface area contributed by atoms with Gasteiger partial charge < -0.3 is 4.74 Å². The van der Waals surface area contributed by atoms with E-state index >= 15 is 0 Å². The van der Waals surface area contributed by atoms with Gasteiger partial charge in [-0.3, -0.25) is 0 Å². The summed E-state index contributed by atoms with van der Waals surface area (Å²) >= 11 is 0. The third-order valence-electron chi connectivity index (χ3n) is 3.11. The van der Waals surface area contributed by atoms with Gasteiger partial charge in [-0.2, -0.15) is 0 Å². The molecule has 1 saturated carbocycles. The largest absolute Gasteiger partial charge is 0.384 e. The molecule has 72 valence electrons. The van der Waals surface area contributed by atoms with Crippen molar-refractivity contribution in [3.8, 4) is 0 Å². The first-order valence-electron chi connectivity index (χ1n) is 5.37. The predicted molar refractivity (Wildman–Crippen MR) is 52.2 cm³/mol. The van der Waals surface area contributed by atoms with Crippen LogP contribution in [0.3, 0.4) is 0 Å². The third-order valence-corrected chi connectivity index (χ3v) is 3.11. The van der Waals surface area contributed by atoms with Gasteiger partial charge >= 0.3 is 0 Å². The lowest BCUT2D eigenvalue weighted by Gasteiger charge is -2.30. The Morgan fingerprint density at radius 2 is 1.83 bits per heavy atom. The van der Waals surface area contributed by atoms with E-state index in [-0.39, 0.29) is 0 Å². The second-order valence-corrected chi connectivity index (χ2v) is 4.05. The van der Waals surface area contributed by atoms with E-state index in [9.17, 15) is 0 Å². The molecule has 1 nitrogen and oxygen atoms in total. The Balaban J connectivity index is 2.31. The van der Waals surface area contributed by atoms with Crippen LogP contribution < -0.4 is 0 Å². The first-order valence-corrected chi connectivity index (χ1v) is 5.37. The van der Waals surface area contributed by atoms with Crippen molar-refractivity contribution in [1.29, 1.82) is 0 Å². The Kier molecular flexibility index (Phi) is 4.67. The molecular formula is C11H22O. The standard InChI is InChI=1S/C11H22O/c1-3-6-10-7-4-5-8-11(10)9-12-2/h10-11H,3-9H2,1-2H3. The summed E-state index contributed by atoms with van der Waals surface area (Å²) in [5, 5.41) is 0. The van der Waals surface area contributed by atoms with Crippen molar-refractivity contribution >= 4 is 0 Å². The fraction of sp³-hybridized carbons (Fsp3) is 1.00. The molecule has 0 aromatic rings. The van der Waals surface area contributed by atoms with Crippen LogP contribution in [0.2, 0.25) is 0 Å². The minimum absolute atomic E-state index is 0.865. The summed E-state index contributed by atoms with van der Waals surface area (Å²) in [4.78, 5) is 0. The molecule has 0 aromatic heterocycles. The van der Waals surface area contributed by atoms with E-state index in [0.29, 0.717) is 0 Å². The summed E-state index contributed by atoms with van der Waals surface area (Å²) in [6.45, 7) is 3.28. The summed E-state index contributed by atoms with van der Waals surface area (Å²) in [6.07, 6.45) is 8.47. The van der Waals surface area contributed by atoms with Gasteiger partial charge in [0.15, 0.2) is 0 Å². The second-order valence-electron chi connectivity index (χ2n) is 4.05. The molecule has 2 unspecified atom stereocenters. The van der Waals surface area contributed by atoms with E-state index in [0.717, 1.165) is 18.4 Å². The Morgan fingerprint density at radius 3 is 2.42 bits per heavy atom. The monoisotopic (exact) mass is 170 g/mol. The molecule has 1 heteroatoms. The molecule has 0 N–H and O–H groups in total. The molecule has 0 aliphatic heterocycles. The van der Waals surface area contributed by atoms with Crippen LogP contribution in [0.5, 0.6) is 0 Å². The quantitative estimate of drug-likeness (QED) is 0.629. The van der Waals surface area contributed by atoms with E-state index in [4.69, 9.17) is 4.74 Å². The van der Waals surface area contributed by atoms with Crippen LogP contribution in [-0.4, -0.2) is 13.7 Å². The van der Waals surface area contributed by atoms with Gasteiger partial charge in [-0.05, 0) is 18.3 Å². The molecule has 1 rings (SSSR count). The van der Waals surface area contributed by atoms with Crippen LogP contribution in [0.25, 0.3) is 0 Å². The van der Waals surface area contributed by atoms with Crippen molar-refractivity contribution in [3.63, 3.8) is 0 Å². The Morgan fingerprint density at radius 1 is 1.17 bits per heavy atom. The first-order chi connectivity index (χ1) is 5.88. The highest BCUT2D eigenvalue weighted by Gasteiger charge is 2.23. The van der Waals surface area contributed by atoms with Gasteiger partial charge in [0.25, 0.3) is 0 Å². The number of hydrogen-bond donors (Lipinski definition) is 0. The van der Waals surface area contributed by atoms with Crippen molar-refractivity contribution < 1.29 is 4.74 Å². The third kappa shape index (κ3) is 2.78. The maximum Gasteiger partial charge on any atom is 0.0493 e. The van der Waals surface area contributed by atoms with Crippen molar-refractivity contribution in [3.05, 3.63) is 0 Å². The summed E-state index contributed by atoms with van der Waals surface area (Å²) < 4.78 is 5.26. The average molecular weight is 170 g/mol. The van der Waals surface area contributed by atoms with E-state index in [1.807, 2.05) is 7.11 Å². The Hall–Kier alpha value is -0.0400. The number of methoxy groups -OCH3 is 1. The topological polar surface area (TPSA) is 9.23 Å². The van der Waals surface area contributed by atoms with E-state index in [2.05, 4.69) is 6.92 Å². The maximum absolute atomic E-state index is 5.26. The lowest BCUT2D eigenvalue weighted by molar-refractivity contribution is 0.0901. The fourth-order valence-corrected chi connectivity index (χ4v) is 2.47. The lowest BCUT2D eigenvalue weighted by atomic mass is 9.77. The van der Waals surface area contributed by atoms with Gasteiger partial charge in [0, 0.05) is 13.7 Å². The smallest absolute Gasteiger partial charge is 0.0493 e. The molecule has 1 fully saturated rings. The summed E-state index contributed by atoms with van der Waals surface area (Å²) in [6, 6.07) is 0. The second kappa shape index (κ2) is 5.58. The van der Waals surface area contributed by atoms with Gasteiger partial charge in [0.05, 0.1) is 0 Å². The zero-order chi connectivity index (χ0) is 8.81. The van der Waals surface area contributed by atoms with E-state index < -0.39 is 0 Å².